The first-order valence-electron chi connectivity index (χ1n) is 27.7. The molecule has 0 fully saturated rings. The molecule has 3 N–H and O–H groups in total. The van der Waals surface area contributed by atoms with E-state index in [1.165, 1.54) is 244 Å². The molecular formula is C57H109NO3. The van der Waals surface area contributed by atoms with Gasteiger partial charge in [-0.05, 0) is 44.9 Å². The lowest BCUT2D eigenvalue weighted by Crippen LogP contribution is -2.45. The smallest absolute Gasteiger partial charge is 0.220 e. The Bertz CT molecular complexity index is 928. The summed E-state index contributed by atoms with van der Waals surface area (Å²) in [6.45, 7) is 4.33. The number of hydrogen-bond donors (Lipinski definition) is 3. The van der Waals surface area contributed by atoms with E-state index >= 15 is 0 Å². The quantitative estimate of drug-likeness (QED) is 0.0422. The fourth-order valence-electron chi connectivity index (χ4n) is 8.63. The Hall–Kier alpha value is -1.39. The molecule has 0 aliphatic rings. The van der Waals surface area contributed by atoms with Crippen LogP contribution in [0.4, 0.5) is 0 Å². The van der Waals surface area contributed by atoms with Crippen molar-refractivity contribution in [3.63, 3.8) is 0 Å². The highest BCUT2D eigenvalue weighted by Gasteiger charge is 2.18. The van der Waals surface area contributed by atoms with E-state index in [4.69, 9.17) is 0 Å². The Morgan fingerprint density at radius 3 is 0.951 bits per heavy atom. The normalized spacial score (nSPS) is 13.0. The minimum absolute atomic E-state index is 0.0721. The first kappa shape index (κ1) is 59.6. The van der Waals surface area contributed by atoms with Gasteiger partial charge in [-0.25, -0.2) is 0 Å². The maximum absolute atomic E-state index is 12.5. The number of hydrogen-bond acceptors (Lipinski definition) is 3. The van der Waals surface area contributed by atoms with Crippen molar-refractivity contribution in [3.05, 3.63) is 36.5 Å². The van der Waals surface area contributed by atoms with Crippen LogP contribution in [0.25, 0.3) is 0 Å². The molecule has 4 nitrogen and oxygen atoms in total. The molecule has 4 heteroatoms. The van der Waals surface area contributed by atoms with Crippen LogP contribution in [0, 0.1) is 0 Å². The van der Waals surface area contributed by atoms with Crippen molar-refractivity contribution < 1.29 is 15.0 Å². The fourth-order valence-corrected chi connectivity index (χ4v) is 8.63. The number of allylic oxidation sites excluding steroid dienone is 5. The molecule has 0 heterocycles. The van der Waals surface area contributed by atoms with Crippen LogP contribution in [0.5, 0.6) is 0 Å². The molecule has 61 heavy (non-hydrogen) atoms. The molecule has 0 aromatic carbocycles. The summed E-state index contributed by atoms with van der Waals surface area (Å²) in [6, 6.07) is -0.644. The highest BCUT2D eigenvalue weighted by Crippen LogP contribution is 2.17. The van der Waals surface area contributed by atoms with E-state index < -0.39 is 12.1 Å². The number of unbranched alkanes of at least 4 members (excludes halogenated alkanes) is 40. The van der Waals surface area contributed by atoms with Gasteiger partial charge in [0.1, 0.15) is 0 Å². The van der Waals surface area contributed by atoms with Gasteiger partial charge < -0.3 is 15.5 Å². The molecule has 0 rings (SSSR count). The van der Waals surface area contributed by atoms with Crippen LogP contribution in [0.15, 0.2) is 36.5 Å². The molecule has 0 aliphatic carbocycles. The van der Waals surface area contributed by atoms with Gasteiger partial charge in [-0.1, -0.05) is 288 Å². The monoisotopic (exact) mass is 856 g/mol. The number of aliphatic hydroxyl groups excluding tert-OH is 2. The predicted molar refractivity (Wildman–Crippen MR) is 272 cm³/mol. The van der Waals surface area contributed by atoms with Crippen molar-refractivity contribution in [1.82, 2.24) is 5.32 Å². The van der Waals surface area contributed by atoms with Gasteiger partial charge in [0.2, 0.25) is 5.91 Å². The number of carbonyl (C=O) groups is 1. The van der Waals surface area contributed by atoms with E-state index in [1.54, 1.807) is 6.08 Å². The predicted octanol–water partition coefficient (Wildman–Crippen LogP) is 18.1. The zero-order valence-electron chi connectivity index (χ0n) is 41.4. The zero-order valence-corrected chi connectivity index (χ0v) is 41.4. The van der Waals surface area contributed by atoms with Crippen LogP contribution >= 0.6 is 0 Å². The first-order chi connectivity index (χ1) is 30.2. The number of carbonyl (C=O) groups excluding carboxylic acids is 1. The highest BCUT2D eigenvalue weighted by molar-refractivity contribution is 5.76. The summed E-state index contributed by atoms with van der Waals surface area (Å²) < 4.78 is 0. The summed E-state index contributed by atoms with van der Waals surface area (Å²) in [5.41, 5.74) is 0. The third kappa shape index (κ3) is 49.5. The molecular weight excluding hydrogens is 747 g/mol. The minimum atomic E-state index is -0.869. The molecule has 0 bridgehead atoms. The summed E-state index contributed by atoms with van der Waals surface area (Å²) in [5.74, 6) is -0.0721. The van der Waals surface area contributed by atoms with Crippen LogP contribution in [0.1, 0.15) is 303 Å². The Morgan fingerprint density at radius 2 is 0.639 bits per heavy atom. The molecule has 1 amide bonds. The average Bonchev–Trinajstić information content (AvgIpc) is 3.26. The van der Waals surface area contributed by atoms with E-state index in [0.29, 0.717) is 6.42 Å². The average molecular weight is 857 g/mol. The third-order valence-corrected chi connectivity index (χ3v) is 12.9. The van der Waals surface area contributed by atoms with E-state index in [0.717, 1.165) is 38.5 Å². The summed E-state index contributed by atoms with van der Waals surface area (Å²) in [7, 11) is 0. The van der Waals surface area contributed by atoms with Crippen molar-refractivity contribution in [2.75, 3.05) is 6.61 Å². The van der Waals surface area contributed by atoms with E-state index in [9.17, 15) is 15.0 Å². The molecule has 0 saturated heterocycles. The Morgan fingerprint density at radius 1 is 0.377 bits per heavy atom. The standard InChI is InChI=1S/C57H109NO3/c1-3-5-7-9-11-13-15-17-19-21-23-25-27-28-29-31-33-35-37-39-41-43-45-47-49-51-53-57(61)58-55(54-59)56(60)52-50-48-46-44-42-40-38-36-34-32-30-26-24-22-20-18-16-14-12-10-8-6-4-2/h34,36,42,44,50,52,55-56,59-60H,3-33,35,37-41,43,45-49,51,53-54H2,1-2H3,(H,58,61)/b36-34+,44-42+,52-50+. The lowest BCUT2D eigenvalue weighted by molar-refractivity contribution is -0.123. The molecule has 0 aromatic heterocycles. The summed E-state index contributed by atoms with van der Waals surface area (Å²) in [5, 5.41) is 23.1. The summed E-state index contributed by atoms with van der Waals surface area (Å²) in [4.78, 5) is 12.5. The molecule has 0 aliphatic heterocycles. The second-order valence-electron chi connectivity index (χ2n) is 19.0. The maximum Gasteiger partial charge on any atom is 0.220 e. The first-order valence-corrected chi connectivity index (χ1v) is 27.7. The van der Waals surface area contributed by atoms with Crippen molar-refractivity contribution in [2.24, 2.45) is 0 Å². The van der Waals surface area contributed by atoms with Gasteiger partial charge in [0.05, 0.1) is 18.8 Å². The van der Waals surface area contributed by atoms with E-state index in [2.05, 4.69) is 43.5 Å². The van der Waals surface area contributed by atoms with Crippen LogP contribution < -0.4 is 5.32 Å². The Labute approximate surface area is 382 Å². The third-order valence-electron chi connectivity index (χ3n) is 12.9. The second-order valence-corrected chi connectivity index (χ2v) is 19.0. The number of rotatable bonds is 51. The van der Waals surface area contributed by atoms with Crippen LogP contribution in [0.2, 0.25) is 0 Å². The fraction of sp³-hybridized carbons (Fsp3) is 0.877. The minimum Gasteiger partial charge on any atom is -0.394 e. The maximum atomic E-state index is 12.5. The lowest BCUT2D eigenvalue weighted by atomic mass is 10.0. The van der Waals surface area contributed by atoms with Gasteiger partial charge in [0, 0.05) is 6.42 Å². The molecule has 0 radical (unpaired) electrons. The molecule has 2 unspecified atom stereocenters. The van der Waals surface area contributed by atoms with Gasteiger partial charge in [0.15, 0.2) is 0 Å². The number of nitrogens with one attached hydrogen (secondary N) is 1. The van der Waals surface area contributed by atoms with Crippen LogP contribution in [-0.4, -0.2) is 34.9 Å². The van der Waals surface area contributed by atoms with Crippen LogP contribution in [-0.2, 0) is 4.79 Å². The Kier molecular flexibility index (Phi) is 51.7. The highest BCUT2D eigenvalue weighted by atomic mass is 16.3. The van der Waals surface area contributed by atoms with Crippen molar-refractivity contribution in [1.29, 1.82) is 0 Å². The van der Waals surface area contributed by atoms with Crippen molar-refractivity contribution in [2.45, 2.75) is 315 Å². The molecule has 0 saturated carbocycles. The van der Waals surface area contributed by atoms with Gasteiger partial charge in [-0.3, -0.25) is 4.79 Å². The molecule has 0 spiro atoms. The van der Waals surface area contributed by atoms with Gasteiger partial charge >= 0.3 is 0 Å². The Balaban J connectivity index is 3.53. The van der Waals surface area contributed by atoms with E-state index in [-0.39, 0.29) is 12.5 Å². The molecule has 360 valence electrons. The van der Waals surface area contributed by atoms with Gasteiger partial charge in [-0.2, -0.15) is 0 Å². The summed E-state index contributed by atoms with van der Waals surface area (Å²) >= 11 is 0. The zero-order chi connectivity index (χ0) is 44.2. The van der Waals surface area contributed by atoms with Gasteiger partial charge in [0.25, 0.3) is 0 Å². The SMILES string of the molecule is CCCCCCCCCCCCCCC/C=C/CC/C=C/CC/C=C/C(O)C(CO)NC(=O)CCCCCCCCCCCCCCCCCCCCCCCCCCCC. The number of aliphatic hydroxyl groups is 2. The topological polar surface area (TPSA) is 69.6 Å². The van der Waals surface area contributed by atoms with Crippen LogP contribution in [0.3, 0.4) is 0 Å². The molecule has 0 aromatic rings. The van der Waals surface area contributed by atoms with E-state index in [1.807, 2.05) is 6.08 Å². The van der Waals surface area contributed by atoms with Crippen molar-refractivity contribution >= 4 is 5.91 Å². The van der Waals surface area contributed by atoms with Gasteiger partial charge in [-0.15, -0.1) is 0 Å². The lowest BCUT2D eigenvalue weighted by Gasteiger charge is -2.19. The second kappa shape index (κ2) is 53.0. The van der Waals surface area contributed by atoms with Crippen molar-refractivity contribution in [3.8, 4) is 0 Å². The molecule has 2 atom stereocenters. The largest absolute Gasteiger partial charge is 0.394 e. The number of amides is 1. The summed E-state index contributed by atoms with van der Waals surface area (Å²) in [6.07, 6.45) is 71.6.